The lowest BCUT2D eigenvalue weighted by molar-refractivity contribution is -0.141. The molecular weight excluding hydrogens is 328 g/mol. The Morgan fingerprint density at radius 3 is 2.58 bits per heavy atom. The van der Waals surface area contributed by atoms with Crippen LogP contribution in [-0.4, -0.2) is 40.6 Å². The highest BCUT2D eigenvalue weighted by Gasteiger charge is 2.42. The van der Waals surface area contributed by atoms with Crippen LogP contribution in [0.25, 0.3) is 0 Å². The van der Waals surface area contributed by atoms with Gasteiger partial charge in [0.2, 0.25) is 5.78 Å². The number of ether oxygens (including phenoxy) is 2. The first-order valence-electron chi connectivity index (χ1n) is 7.90. The Balaban J connectivity index is 2.21. The van der Waals surface area contributed by atoms with Crippen molar-refractivity contribution < 1.29 is 24.2 Å². The highest BCUT2D eigenvalue weighted by atomic mass is 32.2. The van der Waals surface area contributed by atoms with Gasteiger partial charge in [-0.25, -0.2) is 4.79 Å². The van der Waals surface area contributed by atoms with Gasteiger partial charge in [-0.3, -0.25) is 4.79 Å². The molecule has 1 aliphatic rings. The van der Waals surface area contributed by atoms with E-state index in [0.29, 0.717) is 18.6 Å². The molecule has 3 unspecified atom stereocenters. The van der Waals surface area contributed by atoms with Gasteiger partial charge in [-0.2, -0.15) is 11.8 Å². The van der Waals surface area contributed by atoms with Gasteiger partial charge in [0.05, 0.1) is 0 Å². The van der Waals surface area contributed by atoms with Gasteiger partial charge in [-0.15, -0.1) is 0 Å². The number of ketones is 1. The molecule has 5 nitrogen and oxygen atoms in total. The van der Waals surface area contributed by atoms with Gasteiger partial charge in [0.15, 0.2) is 18.0 Å². The summed E-state index contributed by atoms with van der Waals surface area (Å²) in [5, 5.41) is 10.6. The quantitative estimate of drug-likeness (QED) is 0.352. The average Bonchev–Trinajstić information content (AvgIpc) is 2.86. The van der Waals surface area contributed by atoms with Crippen LogP contribution in [0.5, 0.6) is 5.75 Å². The molecule has 6 heteroatoms. The minimum atomic E-state index is -0.827. The fraction of sp³-hybridized carbons (Fsp3) is 0.444. The van der Waals surface area contributed by atoms with Gasteiger partial charge >= 0.3 is 5.97 Å². The molecule has 1 aliphatic heterocycles. The Bertz CT molecular complexity index is 626. The van der Waals surface area contributed by atoms with E-state index >= 15 is 0 Å². The standard InChI is InChI=1S/C18H22O5S/c1-4-13(22-12-8-6-5-7-9-12)16(19)15-17(20)14(23-18(15)21)10-11(2)24-3/h5-9,11,13-14,19H,4,10H2,1-3H3/b16-15+. The summed E-state index contributed by atoms with van der Waals surface area (Å²) in [7, 11) is 0. The normalized spacial score (nSPS) is 22.0. The van der Waals surface area contributed by atoms with Crippen LogP contribution in [0.15, 0.2) is 41.7 Å². The zero-order valence-electron chi connectivity index (χ0n) is 14.0. The molecule has 1 heterocycles. The number of rotatable bonds is 7. The van der Waals surface area contributed by atoms with E-state index < -0.39 is 24.0 Å². The van der Waals surface area contributed by atoms with Crippen LogP contribution in [0.1, 0.15) is 26.7 Å². The Morgan fingerprint density at radius 2 is 2.00 bits per heavy atom. The smallest absolute Gasteiger partial charge is 0.346 e. The van der Waals surface area contributed by atoms with E-state index in [2.05, 4.69) is 0 Å². The number of thioether (sulfide) groups is 1. The molecule has 0 aromatic heterocycles. The summed E-state index contributed by atoms with van der Waals surface area (Å²) in [5.41, 5.74) is -0.281. The Hall–Kier alpha value is -1.95. The van der Waals surface area contributed by atoms with E-state index in [0.717, 1.165) is 0 Å². The second-order valence-electron chi connectivity index (χ2n) is 5.63. The molecule has 0 bridgehead atoms. The number of hydrogen-bond donors (Lipinski definition) is 1. The van der Waals surface area contributed by atoms with Crippen molar-refractivity contribution in [2.24, 2.45) is 0 Å². The highest BCUT2D eigenvalue weighted by molar-refractivity contribution is 7.99. The predicted octanol–water partition coefficient (Wildman–Crippen LogP) is 3.29. The topological polar surface area (TPSA) is 72.8 Å². The molecule has 0 amide bonds. The minimum Gasteiger partial charge on any atom is -0.507 e. The van der Waals surface area contributed by atoms with Crippen LogP contribution in [0.2, 0.25) is 0 Å². The summed E-state index contributed by atoms with van der Waals surface area (Å²) in [6.07, 6.45) is 1.18. The third-order valence-corrected chi connectivity index (χ3v) is 4.89. The van der Waals surface area contributed by atoms with Crippen LogP contribution >= 0.6 is 11.8 Å². The first-order chi connectivity index (χ1) is 11.5. The molecule has 130 valence electrons. The summed E-state index contributed by atoms with van der Waals surface area (Å²) in [6.45, 7) is 3.77. The van der Waals surface area contributed by atoms with Crippen molar-refractivity contribution in [3.63, 3.8) is 0 Å². The number of aliphatic hydroxyl groups is 1. The van der Waals surface area contributed by atoms with Gasteiger partial charge in [0.25, 0.3) is 0 Å². The molecule has 1 aromatic carbocycles. The number of Topliss-reactive ketones (excluding diaryl/α,β-unsaturated/α-hetero) is 1. The molecule has 1 fully saturated rings. The lowest BCUT2D eigenvalue weighted by Gasteiger charge is -2.17. The Kier molecular flexibility index (Phi) is 6.31. The van der Waals surface area contributed by atoms with E-state index in [9.17, 15) is 14.7 Å². The second kappa shape index (κ2) is 8.24. The lowest BCUT2D eigenvalue weighted by atomic mass is 10.0. The monoisotopic (exact) mass is 350 g/mol. The second-order valence-corrected chi connectivity index (χ2v) is 6.90. The van der Waals surface area contributed by atoms with Gasteiger partial charge in [-0.05, 0) is 24.8 Å². The minimum absolute atomic E-state index is 0.177. The number of aliphatic hydroxyl groups excluding tert-OH is 1. The van der Waals surface area contributed by atoms with Gasteiger partial charge < -0.3 is 14.6 Å². The van der Waals surface area contributed by atoms with Crippen molar-refractivity contribution in [1.82, 2.24) is 0 Å². The fourth-order valence-electron chi connectivity index (χ4n) is 2.44. The molecule has 0 radical (unpaired) electrons. The van der Waals surface area contributed by atoms with Crippen LogP contribution in [-0.2, 0) is 14.3 Å². The van der Waals surface area contributed by atoms with Crippen molar-refractivity contribution in [1.29, 1.82) is 0 Å². The molecule has 1 aromatic rings. The molecule has 1 N–H and O–H groups in total. The molecular formula is C18H22O5S. The van der Waals surface area contributed by atoms with E-state index in [1.807, 2.05) is 26.2 Å². The summed E-state index contributed by atoms with van der Waals surface area (Å²) in [4.78, 5) is 24.5. The van der Waals surface area contributed by atoms with Gasteiger partial charge in [0, 0.05) is 11.7 Å². The Labute approximate surface area is 146 Å². The number of esters is 1. The van der Waals surface area contributed by atoms with Crippen molar-refractivity contribution in [3.8, 4) is 5.75 Å². The van der Waals surface area contributed by atoms with Crippen LogP contribution < -0.4 is 4.74 Å². The maximum atomic E-state index is 12.5. The average molecular weight is 350 g/mol. The number of carbonyl (C=O) groups is 2. The lowest BCUT2D eigenvalue weighted by Crippen LogP contribution is -2.24. The summed E-state index contributed by atoms with van der Waals surface area (Å²) in [6, 6.07) is 8.96. The maximum absolute atomic E-state index is 12.5. The summed E-state index contributed by atoms with van der Waals surface area (Å²) < 4.78 is 10.8. The number of cyclic esters (lactones) is 1. The third-order valence-electron chi connectivity index (χ3n) is 3.89. The molecule has 0 aliphatic carbocycles. The molecule has 0 saturated carbocycles. The van der Waals surface area contributed by atoms with E-state index in [-0.39, 0.29) is 16.6 Å². The molecule has 1 saturated heterocycles. The summed E-state index contributed by atoms with van der Waals surface area (Å²) >= 11 is 1.59. The van der Waals surface area contributed by atoms with E-state index in [1.54, 1.807) is 36.0 Å². The van der Waals surface area contributed by atoms with Crippen LogP contribution in [0.4, 0.5) is 0 Å². The SMILES string of the molecule is CCC(Oc1ccccc1)/C(O)=C1\C(=O)OC(CC(C)SC)C1=O. The van der Waals surface area contributed by atoms with Crippen LogP contribution in [0.3, 0.4) is 0 Å². The predicted molar refractivity (Wildman–Crippen MR) is 93.3 cm³/mol. The molecule has 0 spiro atoms. The van der Waals surface area contributed by atoms with Crippen molar-refractivity contribution in [2.75, 3.05) is 6.26 Å². The zero-order chi connectivity index (χ0) is 17.7. The molecule has 2 rings (SSSR count). The highest BCUT2D eigenvalue weighted by Crippen LogP contribution is 2.28. The molecule has 24 heavy (non-hydrogen) atoms. The number of carbonyl (C=O) groups excluding carboxylic acids is 2. The third kappa shape index (κ3) is 4.12. The summed E-state index contributed by atoms with van der Waals surface area (Å²) in [5.74, 6) is -1.03. The fourth-order valence-corrected chi connectivity index (χ4v) is 2.81. The largest absolute Gasteiger partial charge is 0.507 e. The van der Waals surface area contributed by atoms with Gasteiger partial charge in [0.1, 0.15) is 11.3 Å². The number of benzene rings is 1. The van der Waals surface area contributed by atoms with Crippen molar-refractivity contribution in [2.45, 2.75) is 44.1 Å². The molecule has 3 atom stereocenters. The number of para-hydroxylation sites is 1. The maximum Gasteiger partial charge on any atom is 0.346 e. The van der Waals surface area contributed by atoms with Crippen molar-refractivity contribution in [3.05, 3.63) is 41.7 Å². The van der Waals surface area contributed by atoms with Gasteiger partial charge in [-0.1, -0.05) is 32.0 Å². The van der Waals surface area contributed by atoms with E-state index in [1.165, 1.54) is 0 Å². The Morgan fingerprint density at radius 1 is 1.33 bits per heavy atom. The first kappa shape index (κ1) is 18.4. The van der Waals surface area contributed by atoms with E-state index in [4.69, 9.17) is 9.47 Å². The van der Waals surface area contributed by atoms with Crippen molar-refractivity contribution >= 4 is 23.5 Å². The first-order valence-corrected chi connectivity index (χ1v) is 9.19. The zero-order valence-corrected chi connectivity index (χ0v) is 14.8. The van der Waals surface area contributed by atoms with Crippen LogP contribution in [0, 0.1) is 0 Å². The number of hydrogen-bond acceptors (Lipinski definition) is 6.